The fourth-order valence-corrected chi connectivity index (χ4v) is 3.59. The van der Waals surface area contributed by atoms with E-state index in [1.54, 1.807) is 18.4 Å². The number of hydrogen-bond donors (Lipinski definition) is 1. The summed E-state index contributed by atoms with van der Waals surface area (Å²) >= 11 is 0. The van der Waals surface area contributed by atoms with Gasteiger partial charge in [0, 0.05) is 25.3 Å². The van der Waals surface area contributed by atoms with E-state index in [1.165, 1.54) is 24.2 Å². The van der Waals surface area contributed by atoms with Crippen LogP contribution in [0.4, 0.5) is 0 Å². The zero-order valence-corrected chi connectivity index (χ0v) is 15.4. The van der Waals surface area contributed by atoms with E-state index in [-0.39, 0.29) is 5.84 Å². The summed E-state index contributed by atoms with van der Waals surface area (Å²) in [5.41, 5.74) is 0.899. The molecule has 1 saturated heterocycles. The molecule has 1 fully saturated rings. The van der Waals surface area contributed by atoms with Gasteiger partial charge in [-0.1, -0.05) is 6.42 Å². The lowest BCUT2D eigenvalue weighted by Crippen LogP contribution is -2.51. The predicted octanol–water partition coefficient (Wildman–Crippen LogP) is 1.22. The monoisotopic (exact) mass is 358 g/mol. The minimum atomic E-state index is -1.39. The van der Waals surface area contributed by atoms with Crippen LogP contribution >= 0.6 is 0 Å². The van der Waals surface area contributed by atoms with Crippen LogP contribution in [0.3, 0.4) is 0 Å². The highest BCUT2D eigenvalue weighted by molar-refractivity contribution is 6.27. The van der Waals surface area contributed by atoms with Crippen LogP contribution in [0, 0.1) is 5.92 Å². The summed E-state index contributed by atoms with van der Waals surface area (Å²) in [6, 6.07) is 0.580. The molecule has 140 valence electrons. The average molecular weight is 358 g/mol. The molecule has 3 amide bonds. The first-order valence-electron chi connectivity index (χ1n) is 9.31. The summed E-state index contributed by atoms with van der Waals surface area (Å²) in [4.78, 5) is 44.7. The van der Waals surface area contributed by atoms with Crippen LogP contribution < -0.4 is 5.32 Å². The van der Waals surface area contributed by atoms with Crippen molar-refractivity contribution in [3.63, 3.8) is 0 Å². The second kappa shape index (κ2) is 7.95. The van der Waals surface area contributed by atoms with Crippen LogP contribution in [-0.2, 0) is 14.4 Å². The van der Waals surface area contributed by atoms with Gasteiger partial charge in [0.25, 0.3) is 11.8 Å². The lowest BCUT2D eigenvalue weighted by atomic mass is 10.0. The molecule has 7 nitrogen and oxygen atoms in total. The highest BCUT2D eigenvalue weighted by atomic mass is 16.2. The fraction of sp³-hybridized carbons (Fsp3) is 0.579. The standard InChI is InChI=1S/C19H26N4O3/c1-13-7-11-23-15(12-13)21-18(25)16(19(23)26)17(24)20-8-5-10-22-9-4-3-6-14(22)2/h7,11-12,14,16H,3-6,8-10H2,1-2H3,(H,20,24). The number of aliphatic imine (C=N–C) groups is 1. The Hall–Kier alpha value is -2.28. The van der Waals surface area contributed by atoms with E-state index in [9.17, 15) is 14.4 Å². The number of carbonyl (C=O) groups excluding carboxylic acids is 3. The molecule has 1 N–H and O–H groups in total. The highest BCUT2D eigenvalue weighted by Crippen LogP contribution is 2.20. The Morgan fingerprint density at radius 2 is 2.15 bits per heavy atom. The molecule has 26 heavy (non-hydrogen) atoms. The van der Waals surface area contributed by atoms with Gasteiger partial charge in [-0.25, -0.2) is 0 Å². The van der Waals surface area contributed by atoms with Gasteiger partial charge in [0.05, 0.1) is 0 Å². The van der Waals surface area contributed by atoms with Gasteiger partial charge in [-0.05, 0) is 57.4 Å². The smallest absolute Gasteiger partial charge is 0.269 e. The van der Waals surface area contributed by atoms with Crippen molar-refractivity contribution in [2.24, 2.45) is 10.9 Å². The number of amides is 3. The fourth-order valence-electron chi connectivity index (χ4n) is 3.59. The van der Waals surface area contributed by atoms with E-state index in [1.807, 2.05) is 6.92 Å². The third-order valence-corrected chi connectivity index (χ3v) is 5.17. The third-order valence-electron chi connectivity index (χ3n) is 5.17. The Morgan fingerprint density at radius 1 is 1.35 bits per heavy atom. The van der Waals surface area contributed by atoms with Crippen LogP contribution in [0.1, 0.15) is 39.5 Å². The van der Waals surface area contributed by atoms with Crippen molar-refractivity contribution in [2.75, 3.05) is 19.6 Å². The van der Waals surface area contributed by atoms with Gasteiger partial charge < -0.3 is 10.2 Å². The zero-order valence-electron chi connectivity index (χ0n) is 15.4. The maximum atomic E-state index is 12.5. The molecule has 0 aromatic rings. The average Bonchev–Trinajstić information content (AvgIpc) is 2.59. The van der Waals surface area contributed by atoms with Crippen molar-refractivity contribution in [1.82, 2.24) is 15.1 Å². The first kappa shape index (κ1) is 18.5. The highest BCUT2D eigenvalue weighted by Gasteiger charge is 2.41. The Morgan fingerprint density at radius 3 is 2.92 bits per heavy atom. The summed E-state index contributed by atoms with van der Waals surface area (Å²) in [6.45, 7) is 6.54. The van der Waals surface area contributed by atoms with E-state index in [0.29, 0.717) is 12.6 Å². The molecule has 0 aromatic heterocycles. The maximum Gasteiger partial charge on any atom is 0.269 e. The molecule has 3 aliphatic rings. The summed E-state index contributed by atoms with van der Waals surface area (Å²) in [6.07, 6.45) is 9.48. The number of nitrogens with zero attached hydrogens (tertiary/aromatic N) is 3. The van der Waals surface area contributed by atoms with Crippen LogP contribution in [0.5, 0.6) is 0 Å². The van der Waals surface area contributed by atoms with Gasteiger partial charge in [0.1, 0.15) is 5.84 Å². The number of hydrogen-bond acceptors (Lipinski definition) is 4. The lowest BCUT2D eigenvalue weighted by molar-refractivity contribution is -0.144. The first-order valence-corrected chi connectivity index (χ1v) is 9.31. The quantitative estimate of drug-likeness (QED) is 0.592. The second-order valence-corrected chi connectivity index (χ2v) is 7.18. The van der Waals surface area contributed by atoms with E-state index in [2.05, 4.69) is 22.1 Å². The van der Waals surface area contributed by atoms with Crippen molar-refractivity contribution < 1.29 is 14.4 Å². The van der Waals surface area contributed by atoms with Crippen molar-refractivity contribution in [3.05, 3.63) is 23.9 Å². The topological polar surface area (TPSA) is 82.1 Å². The van der Waals surface area contributed by atoms with Gasteiger partial charge in [-0.3, -0.25) is 19.3 Å². The molecular weight excluding hydrogens is 332 g/mol. The van der Waals surface area contributed by atoms with Crippen molar-refractivity contribution in [3.8, 4) is 0 Å². The second-order valence-electron chi connectivity index (χ2n) is 7.18. The van der Waals surface area contributed by atoms with Gasteiger partial charge in [0.2, 0.25) is 5.91 Å². The Labute approximate surface area is 153 Å². The van der Waals surface area contributed by atoms with Crippen LogP contribution in [0.2, 0.25) is 0 Å². The number of amidine groups is 1. The summed E-state index contributed by atoms with van der Waals surface area (Å²) in [5.74, 6) is -2.90. The van der Waals surface area contributed by atoms with Crippen LogP contribution in [0.25, 0.3) is 0 Å². The Balaban J connectivity index is 1.52. The molecule has 0 aromatic carbocycles. The number of fused-ring (bicyclic) bond motifs is 1. The molecule has 2 unspecified atom stereocenters. The van der Waals surface area contributed by atoms with Gasteiger partial charge in [-0.2, -0.15) is 4.99 Å². The minimum absolute atomic E-state index is 0.281. The SMILES string of the molecule is CC1=CC2=NC(=O)C(C(=O)NCCCN3CCCCC3C)C(=O)N2C=C1. The molecule has 0 bridgehead atoms. The summed E-state index contributed by atoms with van der Waals surface area (Å²) in [5, 5.41) is 2.73. The largest absolute Gasteiger partial charge is 0.355 e. The van der Waals surface area contributed by atoms with E-state index in [4.69, 9.17) is 0 Å². The van der Waals surface area contributed by atoms with Gasteiger partial charge in [-0.15, -0.1) is 0 Å². The number of piperidine rings is 1. The third kappa shape index (κ3) is 3.93. The van der Waals surface area contributed by atoms with Gasteiger partial charge >= 0.3 is 0 Å². The zero-order chi connectivity index (χ0) is 18.7. The molecule has 0 aliphatic carbocycles. The molecule has 3 aliphatic heterocycles. The lowest BCUT2D eigenvalue weighted by Gasteiger charge is -2.33. The molecule has 3 rings (SSSR count). The molecule has 0 saturated carbocycles. The number of likely N-dealkylation sites (tertiary alicyclic amines) is 1. The molecular formula is C19H26N4O3. The minimum Gasteiger partial charge on any atom is -0.355 e. The van der Waals surface area contributed by atoms with Crippen LogP contribution in [0.15, 0.2) is 28.9 Å². The van der Waals surface area contributed by atoms with Crippen LogP contribution in [-0.4, -0.2) is 59.0 Å². The van der Waals surface area contributed by atoms with E-state index < -0.39 is 23.6 Å². The Bertz CT molecular complexity index is 695. The molecule has 3 heterocycles. The van der Waals surface area contributed by atoms with Crippen molar-refractivity contribution in [2.45, 2.75) is 45.6 Å². The number of allylic oxidation sites excluding steroid dienone is 2. The van der Waals surface area contributed by atoms with Crippen molar-refractivity contribution in [1.29, 1.82) is 0 Å². The van der Waals surface area contributed by atoms with E-state index >= 15 is 0 Å². The number of carbonyl (C=O) groups is 3. The maximum absolute atomic E-state index is 12.5. The predicted molar refractivity (Wildman–Crippen MR) is 98.2 cm³/mol. The number of nitrogens with one attached hydrogen (secondary N) is 1. The summed E-state index contributed by atoms with van der Waals surface area (Å²) < 4.78 is 0. The first-order chi connectivity index (χ1) is 12.5. The summed E-state index contributed by atoms with van der Waals surface area (Å²) in [7, 11) is 0. The molecule has 0 radical (unpaired) electrons. The molecule has 2 atom stereocenters. The Kier molecular flexibility index (Phi) is 5.66. The number of rotatable bonds is 5. The normalized spacial score (nSPS) is 26.3. The van der Waals surface area contributed by atoms with Crippen molar-refractivity contribution >= 4 is 23.6 Å². The van der Waals surface area contributed by atoms with Gasteiger partial charge in [0.15, 0.2) is 5.92 Å². The molecule has 0 spiro atoms. The molecule has 7 heteroatoms. The van der Waals surface area contributed by atoms with E-state index in [0.717, 1.165) is 25.1 Å².